The number of nitrogens with zero attached hydrogens (tertiary/aromatic N) is 5. The van der Waals surface area contributed by atoms with Gasteiger partial charge >= 0.3 is 0 Å². The molecule has 9 heteroatoms. The molecule has 1 unspecified atom stereocenters. The number of rotatable bonds is 6. The third kappa shape index (κ3) is 4.71. The van der Waals surface area contributed by atoms with Crippen LogP contribution in [0.2, 0.25) is 0 Å². The Labute approximate surface area is 176 Å². The average molecular weight is 422 g/mol. The van der Waals surface area contributed by atoms with E-state index in [1.54, 1.807) is 23.3 Å². The molecule has 4 rings (SSSR count). The third-order valence-electron chi connectivity index (χ3n) is 6.38. The van der Waals surface area contributed by atoms with Crippen molar-refractivity contribution in [2.75, 3.05) is 57.9 Å². The van der Waals surface area contributed by atoms with E-state index in [0.717, 1.165) is 18.2 Å². The van der Waals surface area contributed by atoms with Gasteiger partial charge in [-0.1, -0.05) is 30.6 Å². The fraction of sp³-hybridized carbons (Fsp3) is 0.800. The summed E-state index contributed by atoms with van der Waals surface area (Å²) >= 11 is 1.73. The fourth-order valence-electron chi connectivity index (χ4n) is 4.60. The lowest BCUT2D eigenvalue weighted by Crippen LogP contribution is -2.50. The minimum Gasteiger partial charge on any atom is -0.383 e. The van der Waals surface area contributed by atoms with Gasteiger partial charge in [-0.05, 0) is 12.8 Å². The van der Waals surface area contributed by atoms with Crippen LogP contribution in [-0.2, 0) is 14.3 Å². The van der Waals surface area contributed by atoms with Crippen molar-refractivity contribution in [3.05, 3.63) is 5.01 Å². The molecule has 3 fully saturated rings. The molecule has 2 amide bonds. The number of carbonyl (C=O) groups excluding carboxylic acids is 2. The molecule has 2 aliphatic heterocycles. The van der Waals surface area contributed by atoms with Gasteiger partial charge < -0.3 is 19.4 Å². The number of hydrogen-bond donors (Lipinski definition) is 0. The Balaban J connectivity index is 1.28. The quantitative estimate of drug-likeness (QED) is 0.696. The van der Waals surface area contributed by atoms with E-state index in [2.05, 4.69) is 15.1 Å². The van der Waals surface area contributed by atoms with E-state index in [9.17, 15) is 9.59 Å². The largest absolute Gasteiger partial charge is 0.383 e. The molecule has 0 aromatic carbocycles. The van der Waals surface area contributed by atoms with E-state index in [1.807, 2.05) is 4.90 Å². The maximum atomic E-state index is 12.9. The van der Waals surface area contributed by atoms with Crippen molar-refractivity contribution in [3.63, 3.8) is 0 Å². The van der Waals surface area contributed by atoms with Crippen molar-refractivity contribution in [1.29, 1.82) is 0 Å². The number of anilines is 1. The van der Waals surface area contributed by atoms with E-state index < -0.39 is 0 Å². The second kappa shape index (κ2) is 9.38. The van der Waals surface area contributed by atoms with Crippen LogP contribution in [-0.4, -0.2) is 84.8 Å². The van der Waals surface area contributed by atoms with E-state index >= 15 is 0 Å². The highest BCUT2D eigenvalue weighted by Gasteiger charge is 2.37. The molecule has 1 atom stereocenters. The van der Waals surface area contributed by atoms with Gasteiger partial charge in [-0.25, -0.2) is 0 Å². The van der Waals surface area contributed by atoms with Crippen LogP contribution in [0.25, 0.3) is 0 Å². The zero-order valence-corrected chi connectivity index (χ0v) is 18.0. The summed E-state index contributed by atoms with van der Waals surface area (Å²) in [6.07, 6.45) is 6.73. The molecule has 29 heavy (non-hydrogen) atoms. The summed E-state index contributed by atoms with van der Waals surface area (Å²) in [5.41, 5.74) is 0. The Hall–Kier alpha value is -1.74. The van der Waals surface area contributed by atoms with Gasteiger partial charge in [-0.3, -0.25) is 9.59 Å². The summed E-state index contributed by atoms with van der Waals surface area (Å²) < 4.78 is 5.05. The van der Waals surface area contributed by atoms with Crippen molar-refractivity contribution in [2.45, 2.75) is 44.4 Å². The molecule has 3 aliphatic rings. The molecule has 1 aromatic rings. The number of amides is 2. The minimum atomic E-state index is -0.217. The second-order valence-corrected chi connectivity index (χ2v) is 9.29. The van der Waals surface area contributed by atoms with Crippen molar-refractivity contribution in [3.8, 4) is 0 Å². The highest BCUT2D eigenvalue weighted by Crippen LogP contribution is 2.36. The standard InChI is InChI=1S/C20H31N5O3S/c1-28-12-11-25-14-16(13-17(25)26)19(27)23-7-9-24(10-8-23)20-22-21-18(29-20)15-5-3-2-4-6-15/h15-16H,2-14H2,1H3. The molecule has 160 valence electrons. The molecule has 1 aliphatic carbocycles. The Morgan fingerprint density at radius 3 is 2.62 bits per heavy atom. The van der Waals surface area contributed by atoms with Crippen LogP contribution < -0.4 is 4.90 Å². The van der Waals surface area contributed by atoms with E-state index in [-0.39, 0.29) is 17.7 Å². The van der Waals surface area contributed by atoms with Crippen LogP contribution in [0.4, 0.5) is 5.13 Å². The SMILES string of the molecule is COCCN1CC(C(=O)N2CCN(c3nnc(C4CCCCC4)s3)CC2)CC1=O. The number of hydrogen-bond acceptors (Lipinski definition) is 7. The normalized spacial score (nSPS) is 23.8. The van der Waals surface area contributed by atoms with Gasteiger partial charge in [0.05, 0.1) is 12.5 Å². The zero-order chi connectivity index (χ0) is 20.2. The van der Waals surface area contributed by atoms with Crippen molar-refractivity contribution < 1.29 is 14.3 Å². The van der Waals surface area contributed by atoms with Gasteiger partial charge in [0.25, 0.3) is 0 Å². The predicted molar refractivity (Wildman–Crippen MR) is 111 cm³/mol. The maximum absolute atomic E-state index is 12.9. The summed E-state index contributed by atoms with van der Waals surface area (Å²) in [6, 6.07) is 0. The number of ether oxygens (including phenoxy) is 1. The van der Waals surface area contributed by atoms with Crippen LogP contribution in [0.5, 0.6) is 0 Å². The summed E-state index contributed by atoms with van der Waals surface area (Å²) in [5, 5.41) is 11.1. The lowest BCUT2D eigenvalue weighted by atomic mass is 9.90. The highest BCUT2D eigenvalue weighted by atomic mass is 32.1. The van der Waals surface area contributed by atoms with Crippen LogP contribution in [0.1, 0.15) is 49.5 Å². The topological polar surface area (TPSA) is 78.9 Å². The molecular weight excluding hydrogens is 390 g/mol. The van der Waals surface area contributed by atoms with Crippen LogP contribution >= 0.6 is 11.3 Å². The molecule has 1 aromatic heterocycles. The summed E-state index contributed by atoms with van der Waals surface area (Å²) in [4.78, 5) is 30.9. The Bertz CT molecular complexity index is 713. The van der Waals surface area contributed by atoms with Gasteiger partial charge in [-0.2, -0.15) is 0 Å². The molecule has 3 heterocycles. The van der Waals surface area contributed by atoms with Crippen LogP contribution in [0.15, 0.2) is 0 Å². The number of methoxy groups -OCH3 is 1. The van der Waals surface area contributed by atoms with Crippen molar-refractivity contribution in [2.24, 2.45) is 5.92 Å². The second-order valence-electron chi connectivity index (χ2n) is 8.30. The predicted octanol–water partition coefficient (Wildman–Crippen LogP) is 1.73. The number of likely N-dealkylation sites (tertiary alicyclic amines) is 1. The highest BCUT2D eigenvalue weighted by molar-refractivity contribution is 7.15. The number of aromatic nitrogens is 2. The smallest absolute Gasteiger partial charge is 0.228 e. The summed E-state index contributed by atoms with van der Waals surface area (Å²) in [5.74, 6) is 0.533. The van der Waals surface area contributed by atoms with E-state index in [0.29, 0.717) is 45.1 Å². The Morgan fingerprint density at radius 2 is 1.90 bits per heavy atom. The van der Waals surface area contributed by atoms with Crippen LogP contribution in [0.3, 0.4) is 0 Å². The first kappa shape index (κ1) is 20.5. The molecular formula is C20H31N5O3S. The molecule has 0 bridgehead atoms. The Morgan fingerprint density at radius 1 is 1.14 bits per heavy atom. The van der Waals surface area contributed by atoms with Crippen LogP contribution in [0, 0.1) is 5.92 Å². The fourth-order valence-corrected chi connectivity index (χ4v) is 5.66. The lowest BCUT2D eigenvalue weighted by Gasteiger charge is -2.35. The van der Waals surface area contributed by atoms with Gasteiger partial charge in [-0.15, -0.1) is 10.2 Å². The van der Waals surface area contributed by atoms with Crippen molar-refractivity contribution >= 4 is 28.3 Å². The molecule has 0 N–H and O–H groups in total. The number of carbonyl (C=O) groups is 2. The van der Waals surface area contributed by atoms with E-state index in [1.165, 1.54) is 37.1 Å². The first-order valence-electron chi connectivity index (χ1n) is 10.8. The molecule has 0 radical (unpaired) electrons. The third-order valence-corrected chi connectivity index (χ3v) is 7.52. The van der Waals surface area contributed by atoms with Crippen molar-refractivity contribution in [1.82, 2.24) is 20.0 Å². The average Bonchev–Trinajstić information content (AvgIpc) is 3.40. The lowest BCUT2D eigenvalue weighted by molar-refractivity contribution is -0.136. The van der Waals surface area contributed by atoms with Gasteiger partial charge in [0.1, 0.15) is 5.01 Å². The minimum absolute atomic E-state index is 0.0585. The monoisotopic (exact) mass is 421 g/mol. The number of piperazine rings is 1. The first-order chi connectivity index (χ1) is 14.2. The summed E-state index contributed by atoms with van der Waals surface area (Å²) in [7, 11) is 1.62. The van der Waals surface area contributed by atoms with E-state index in [4.69, 9.17) is 4.74 Å². The van der Waals surface area contributed by atoms with Gasteiger partial charge in [0, 0.05) is 58.7 Å². The molecule has 2 saturated heterocycles. The summed E-state index contributed by atoms with van der Waals surface area (Å²) in [6.45, 7) is 4.50. The first-order valence-corrected chi connectivity index (χ1v) is 11.6. The zero-order valence-electron chi connectivity index (χ0n) is 17.2. The van der Waals surface area contributed by atoms with Gasteiger partial charge in [0.2, 0.25) is 16.9 Å². The molecule has 0 spiro atoms. The van der Waals surface area contributed by atoms with Gasteiger partial charge in [0.15, 0.2) is 0 Å². The maximum Gasteiger partial charge on any atom is 0.228 e. The molecule has 8 nitrogen and oxygen atoms in total. The molecule has 1 saturated carbocycles. The Kier molecular flexibility index (Phi) is 6.64.